The van der Waals surface area contributed by atoms with Crippen LogP contribution in [0.15, 0.2) is 30.9 Å². The summed E-state index contributed by atoms with van der Waals surface area (Å²) in [6.07, 6.45) is 2.94. The summed E-state index contributed by atoms with van der Waals surface area (Å²) in [7, 11) is 1.33. The maximum Gasteiger partial charge on any atom is 0.311 e. The lowest BCUT2D eigenvalue weighted by Crippen LogP contribution is -2.57. The number of esters is 1. The third kappa shape index (κ3) is 3.60. The molecule has 1 aromatic rings. The molecule has 1 spiro atoms. The van der Waals surface area contributed by atoms with E-state index in [0.29, 0.717) is 38.0 Å². The van der Waals surface area contributed by atoms with E-state index in [1.165, 1.54) is 13.2 Å². The minimum Gasteiger partial charge on any atom is -0.469 e. The first kappa shape index (κ1) is 19.5. The SMILES string of the molecule is C=CCN1C(=O)CC(C(=O)OC)C12CCN(Cc1cc(F)ccc1F)CC2. The van der Waals surface area contributed by atoms with Crippen LogP contribution in [0.3, 0.4) is 0 Å². The molecular weight excluding hydrogens is 354 g/mol. The van der Waals surface area contributed by atoms with E-state index in [0.717, 1.165) is 12.1 Å². The standard InChI is InChI=1S/C20H24F2N2O3/c1-3-8-24-18(25)12-16(19(26)27-2)20(24)6-9-23(10-7-20)13-14-11-15(21)4-5-17(14)22/h3-5,11,16H,1,6-10,12-13H2,2H3. The third-order valence-electron chi connectivity index (χ3n) is 5.79. The molecule has 5 nitrogen and oxygen atoms in total. The number of hydrogen-bond acceptors (Lipinski definition) is 4. The Morgan fingerprint density at radius 1 is 1.37 bits per heavy atom. The Morgan fingerprint density at radius 3 is 2.70 bits per heavy atom. The Bertz CT molecular complexity index is 745. The Hall–Kier alpha value is -2.28. The average molecular weight is 378 g/mol. The highest BCUT2D eigenvalue weighted by Gasteiger charge is 2.56. The lowest BCUT2D eigenvalue weighted by Gasteiger charge is -2.46. The van der Waals surface area contributed by atoms with Crippen LogP contribution in [0, 0.1) is 17.6 Å². The van der Waals surface area contributed by atoms with Crippen LogP contribution in [0.2, 0.25) is 0 Å². The van der Waals surface area contributed by atoms with Crippen molar-refractivity contribution in [3.63, 3.8) is 0 Å². The number of amides is 1. The Balaban J connectivity index is 1.77. The van der Waals surface area contributed by atoms with Crippen LogP contribution in [0.25, 0.3) is 0 Å². The number of likely N-dealkylation sites (tertiary alicyclic amines) is 2. The molecule has 2 fully saturated rings. The first-order valence-corrected chi connectivity index (χ1v) is 9.07. The summed E-state index contributed by atoms with van der Waals surface area (Å²) in [4.78, 5) is 28.6. The van der Waals surface area contributed by atoms with Crippen LogP contribution >= 0.6 is 0 Å². The predicted molar refractivity (Wildman–Crippen MR) is 95.6 cm³/mol. The second kappa shape index (κ2) is 7.76. The lowest BCUT2D eigenvalue weighted by molar-refractivity contribution is -0.150. The van der Waals surface area contributed by atoms with Gasteiger partial charge in [-0.1, -0.05) is 6.08 Å². The van der Waals surface area contributed by atoms with E-state index in [4.69, 9.17) is 4.74 Å². The van der Waals surface area contributed by atoms with Gasteiger partial charge in [0.05, 0.1) is 18.6 Å². The molecule has 0 aliphatic carbocycles. The first-order valence-electron chi connectivity index (χ1n) is 9.07. The van der Waals surface area contributed by atoms with Gasteiger partial charge < -0.3 is 9.64 Å². The van der Waals surface area contributed by atoms with Crippen molar-refractivity contribution in [3.8, 4) is 0 Å². The van der Waals surface area contributed by atoms with Gasteiger partial charge in [-0.25, -0.2) is 8.78 Å². The summed E-state index contributed by atoms with van der Waals surface area (Å²) >= 11 is 0. The average Bonchev–Trinajstić information content (AvgIpc) is 2.92. The Labute approximate surface area is 157 Å². The fourth-order valence-corrected chi connectivity index (χ4v) is 4.39. The number of piperidine rings is 1. The molecule has 1 atom stereocenters. The van der Waals surface area contributed by atoms with E-state index >= 15 is 0 Å². The molecule has 2 heterocycles. The van der Waals surface area contributed by atoms with Crippen molar-refractivity contribution in [3.05, 3.63) is 48.1 Å². The zero-order chi connectivity index (χ0) is 19.6. The quantitative estimate of drug-likeness (QED) is 0.584. The number of benzene rings is 1. The van der Waals surface area contributed by atoms with E-state index in [-0.39, 0.29) is 24.8 Å². The fraction of sp³-hybridized carbons (Fsp3) is 0.500. The number of methoxy groups -OCH3 is 1. The van der Waals surface area contributed by atoms with Gasteiger partial charge in [0, 0.05) is 38.2 Å². The van der Waals surface area contributed by atoms with E-state index in [1.807, 2.05) is 4.90 Å². The number of halogens is 2. The van der Waals surface area contributed by atoms with Gasteiger partial charge in [-0.15, -0.1) is 6.58 Å². The Morgan fingerprint density at radius 2 is 2.07 bits per heavy atom. The van der Waals surface area contributed by atoms with Gasteiger partial charge in [0.1, 0.15) is 11.6 Å². The normalized spacial score (nSPS) is 22.3. The third-order valence-corrected chi connectivity index (χ3v) is 5.79. The lowest BCUT2D eigenvalue weighted by atomic mass is 9.76. The highest BCUT2D eigenvalue weighted by Crippen LogP contribution is 2.44. The van der Waals surface area contributed by atoms with Crippen LogP contribution < -0.4 is 0 Å². The molecule has 0 bridgehead atoms. The van der Waals surface area contributed by atoms with Gasteiger partial charge in [-0.2, -0.15) is 0 Å². The van der Waals surface area contributed by atoms with E-state index in [1.54, 1.807) is 11.0 Å². The van der Waals surface area contributed by atoms with Crippen molar-refractivity contribution in [2.24, 2.45) is 5.92 Å². The van der Waals surface area contributed by atoms with Crippen molar-refractivity contribution >= 4 is 11.9 Å². The molecule has 3 rings (SSSR count). The smallest absolute Gasteiger partial charge is 0.311 e. The second-order valence-corrected chi connectivity index (χ2v) is 7.19. The molecule has 27 heavy (non-hydrogen) atoms. The second-order valence-electron chi connectivity index (χ2n) is 7.19. The minimum atomic E-state index is -0.602. The van der Waals surface area contributed by atoms with E-state index in [2.05, 4.69) is 6.58 Å². The molecule has 0 radical (unpaired) electrons. The molecule has 2 saturated heterocycles. The summed E-state index contributed by atoms with van der Waals surface area (Å²) in [6, 6.07) is 3.44. The van der Waals surface area contributed by atoms with Crippen LogP contribution in [-0.4, -0.2) is 54.0 Å². The summed E-state index contributed by atoms with van der Waals surface area (Å²) in [5, 5.41) is 0. The molecule has 146 valence electrons. The predicted octanol–water partition coefficient (Wildman–Crippen LogP) is 2.51. The van der Waals surface area contributed by atoms with Crippen molar-refractivity contribution in [1.82, 2.24) is 9.80 Å². The zero-order valence-corrected chi connectivity index (χ0v) is 15.4. The fourth-order valence-electron chi connectivity index (χ4n) is 4.39. The maximum atomic E-state index is 13.9. The van der Waals surface area contributed by atoms with Crippen LogP contribution in [0.5, 0.6) is 0 Å². The molecule has 1 unspecified atom stereocenters. The molecule has 1 amide bonds. The van der Waals surface area contributed by atoms with Gasteiger partial charge in [0.15, 0.2) is 0 Å². The monoisotopic (exact) mass is 378 g/mol. The molecular formula is C20H24F2N2O3. The number of rotatable bonds is 5. The van der Waals surface area contributed by atoms with Gasteiger partial charge in [0.2, 0.25) is 5.91 Å². The molecule has 0 saturated carbocycles. The van der Waals surface area contributed by atoms with Gasteiger partial charge in [-0.05, 0) is 31.0 Å². The van der Waals surface area contributed by atoms with E-state index < -0.39 is 23.1 Å². The number of nitrogens with zero attached hydrogens (tertiary/aromatic N) is 2. The Kier molecular flexibility index (Phi) is 5.60. The van der Waals surface area contributed by atoms with Crippen LogP contribution in [-0.2, 0) is 20.9 Å². The molecule has 0 aromatic heterocycles. The molecule has 0 N–H and O–H groups in total. The zero-order valence-electron chi connectivity index (χ0n) is 15.4. The van der Waals surface area contributed by atoms with E-state index in [9.17, 15) is 18.4 Å². The molecule has 2 aliphatic rings. The maximum absolute atomic E-state index is 13.9. The van der Waals surface area contributed by atoms with Crippen LogP contribution in [0.4, 0.5) is 8.78 Å². The molecule has 2 aliphatic heterocycles. The highest BCUT2D eigenvalue weighted by molar-refractivity contribution is 5.89. The van der Waals surface area contributed by atoms with Crippen molar-refractivity contribution < 1.29 is 23.1 Å². The minimum absolute atomic E-state index is 0.0741. The van der Waals surface area contributed by atoms with Gasteiger partial charge >= 0.3 is 5.97 Å². The van der Waals surface area contributed by atoms with Crippen LogP contribution in [0.1, 0.15) is 24.8 Å². The van der Waals surface area contributed by atoms with Crippen molar-refractivity contribution in [2.45, 2.75) is 31.3 Å². The van der Waals surface area contributed by atoms with Crippen molar-refractivity contribution in [2.75, 3.05) is 26.7 Å². The molecule has 1 aromatic carbocycles. The van der Waals surface area contributed by atoms with Crippen molar-refractivity contribution in [1.29, 1.82) is 0 Å². The summed E-state index contributed by atoms with van der Waals surface area (Å²) in [5.74, 6) is -1.87. The largest absolute Gasteiger partial charge is 0.469 e. The van der Waals surface area contributed by atoms with Gasteiger partial charge in [-0.3, -0.25) is 14.5 Å². The first-order chi connectivity index (χ1) is 12.9. The van der Waals surface area contributed by atoms with Gasteiger partial charge in [0.25, 0.3) is 0 Å². The number of carbonyl (C=O) groups is 2. The summed E-state index contributed by atoms with van der Waals surface area (Å²) in [6.45, 7) is 5.53. The number of carbonyl (C=O) groups excluding carboxylic acids is 2. The molecule has 7 heteroatoms. The topological polar surface area (TPSA) is 49.9 Å². The number of hydrogen-bond donors (Lipinski definition) is 0. The summed E-state index contributed by atoms with van der Waals surface area (Å²) in [5.41, 5.74) is -0.295. The summed E-state index contributed by atoms with van der Waals surface area (Å²) < 4.78 is 32.3. The highest BCUT2D eigenvalue weighted by atomic mass is 19.1. The number of ether oxygens (including phenoxy) is 1.